The largest absolute Gasteiger partial charge is 0.309 e. The van der Waals surface area contributed by atoms with Gasteiger partial charge in [-0.1, -0.05) is 43.4 Å². The van der Waals surface area contributed by atoms with Crippen LogP contribution in [0.3, 0.4) is 0 Å². The minimum Gasteiger partial charge on any atom is -0.309 e. The Bertz CT molecular complexity index is 216. The van der Waals surface area contributed by atoms with Gasteiger partial charge in [0.05, 0.1) is 8.07 Å². The van der Waals surface area contributed by atoms with Gasteiger partial charge >= 0.3 is 0 Å². The molecular weight excluding hydrogens is 186 g/mol. The maximum absolute atomic E-state index is 2.51. The highest BCUT2D eigenvalue weighted by molar-refractivity contribution is 6.79. The molecule has 0 fully saturated rings. The molecule has 0 aromatic rings. The molecule has 0 spiro atoms. The summed E-state index contributed by atoms with van der Waals surface area (Å²) < 4.78 is 0. The van der Waals surface area contributed by atoms with Crippen LogP contribution in [0.1, 0.15) is 6.42 Å². The third kappa shape index (κ3) is 3.43. The molecule has 0 heterocycles. The fourth-order valence-corrected chi connectivity index (χ4v) is 4.64. The molecule has 0 unspecified atom stereocenters. The standard InChI is InChI=1S/C12H23NSi/c1-13(2)10-7-11-14(3,4)12-8-5-6-9-12/h5-6,8-9,12H,7,10-11H2,1-4H3. The molecule has 0 amide bonds. The summed E-state index contributed by atoms with van der Waals surface area (Å²) in [5, 5.41) is 0. The fourth-order valence-electron chi connectivity index (χ4n) is 1.97. The summed E-state index contributed by atoms with van der Waals surface area (Å²) in [4.78, 5) is 2.28. The van der Waals surface area contributed by atoms with Crippen LogP contribution < -0.4 is 0 Å². The van der Waals surface area contributed by atoms with Gasteiger partial charge in [-0.25, -0.2) is 0 Å². The first-order valence-electron chi connectivity index (χ1n) is 5.52. The highest BCUT2D eigenvalue weighted by Gasteiger charge is 2.28. The molecule has 0 bridgehead atoms. The lowest BCUT2D eigenvalue weighted by molar-refractivity contribution is 0.407. The quantitative estimate of drug-likeness (QED) is 0.629. The zero-order valence-electron chi connectivity index (χ0n) is 9.96. The van der Waals surface area contributed by atoms with Crippen LogP contribution in [0.2, 0.25) is 24.7 Å². The second kappa shape index (κ2) is 4.94. The Morgan fingerprint density at radius 2 is 1.71 bits per heavy atom. The fraction of sp³-hybridized carbons (Fsp3) is 0.667. The summed E-state index contributed by atoms with van der Waals surface area (Å²) in [7, 11) is 3.28. The Hall–Kier alpha value is -0.343. The topological polar surface area (TPSA) is 3.24 Å². The molecular formula is C12H23NSi. The number of rotatable bonds is 5. The van der Waals surface area contributed by atoms with Crippen molar-refractivity contribution in [2.45, 2.75) is 31.1 Å². The average molecular weight is 209 g/mol. The van der Waals surface area contributed by atoms with E-state index >= 15 is 0 Å². The molecule has 1 nitrogen and oxygen atoms in total. The van der Waals surface area contributed by atoms with E-state index in [1.807, 2.05) is 0 Å². The molecule has 0 atom stereocenters. The van der Waals surface area contributed by atoms with E-state index < -0.39 is 8.07 Å². The first kappa shape index (κ1) is 11.7. The number of allylic oxidation sites excluding steroid dienone is 4. The van der Waals surface area contributed by atoms with Gasteiger partial charge in [-0.3, -0.25) is 0 Å². The van der Waals surface area contributed by atoms with Crippen molar-refractivity contribution in [3.8, 4) is 0 Å². The summed E-state index contributed by atoms with van der Waals surface area (Å²) in [6.07, 6.45) is 10.5. The van der Waals surface area contributed by atoms with E-state index in [0.717, 1.165) is 5.54 Å². The smallest absolute Gasteiger partial charge is 0.0588 e. The van der Waals surface area contributed by atoms with E-state index in [0.29, 0.717) is 0 Å². The first-order valence-corrected chi connectivity index (χ1v) is 8.80. The van der Waals surface area contributed by atoms with Gasteiger partial charge in [0.25, 0.3) is 0 Å². The van der Waals surface area contributed by atoms with Gasteiger partial charge in [0, 0.05) is 0 Å². The van der Waals surface area contributed by atoms with Crippen molar-refractivity contribution >= 4 is 8.07 Å². The van der Waals surface area contributed by atoms with Crippen molar-refractivity contribution in [2.24, 2.45) is 0 Å². The molecule has 0 aliphatic heterocycles. The lowest BCUT2D eigenvalue weighted by Crippen LogP contribution is -2.31. The van der Waals surface area contributed by atoms with E-state index in [-0.39, 0.29) is 0 Å². The van der Waals surface area contributed by atoms with Crippen molar-refractivity contribution in [1.82, 2.24) is 4.90 Å². The average Bonchev–Trinajstić information content (AvgIpc) is 2.54. The molecule has 1 aliphatic rings. The van der Waals surface area contributed by atoms with E-state index in [2.05, 4.69) is 56.4 Å². The van der Waals surface area contributed by atoms with Gasteiger partial charge in [0.2, 0.25) is 0 Å². The normalized spacial score (nSPS) is 17.2. The van der Waals surface area contributed by atoms with Crippen LogP contribution in [0.25, 0.3) is 0 Å². The van der Waals surface area contributed by atoms with Crippen LogP contribution in [-0.4, -0.2) is 33.6 Å². The summed E-state index contributed by atoms with van der Waals surface area (Å²) in [5.74, 6) is 0. The molecule has 0 saturated heterocycles. The van der Waals surface area contributed by atoms with Gasteiger partial charge in [0.15, 0.2) is 0 Å². The Kier molecular flexibility index (Phi) is 4.14. The maximum atomic E-state index is 2.51. The van der Waals surface area contributed by atoms with Gasteiger partial charge in [0.1, 0.15) is 0 Å². The minimum absolute atomic E-state index is 0.782. The second-order valence-electron chi connectivity index (χ2n) is 5.19. The Labute approximate surface area is 89.5 Å². The molecule has 0 radical (unpaired) electrons. The van der Waals surface area contributed by atoms with Crippen LogP contribution in [0.5, 0.6) is 0 Å². The third-order valence-corrected chi connectivity index (χ3v) is 6.91. The molecule has 80 valence electrons. The van der Waals surface area contributed by atoms with Crippen LogP contribution in [0.4, 0.5) is 0 Å². The summed E-state index contributed by atoms with van der Waals surface area (Å²) in [5.41, 5.74) is 0.782. The van der Waals surface area contributed by atoms with Crippen molar-refractivity contribution < 1.29 is 0 Å². The Balaban J connectivity index is 2.34. The van der Waals surface area contributed by atoms with E-state index in [1.165, 1.54) is 19.0 Å². The van der Waals surface area contributed by atoms with Gasteiger partial charge in [-0.05, 0) is 32.6 Å². The van der Waals surface area contributed by atoms with E-state index in [1.54, 1.807) is 0 Å². The van der Waals surface area contributed by atoms with E-state index in [9.17, 15) is 0 Å². The maximum Gasteiger partial charge on any atom is 0.0588 e. The molecule has 1 aliphatic carbocycles. The van der Waals surface area contributed by atoms with E-state index in [4.69, 9.17) is 0 Å². The monoisotopic (exact) mass is 209 g/mol. The summed E-state index contributed by atoms with van der Waals surface area (Å²) >= 11 is 0. The van der Waals surface area contributed by atoms with Crippen LogP contribution >= 0.6 is 0 Å². The molecule has 1 rings (SSSR count). The zero-order valence-corrected chi connectivity index (χ0v) is 11.0. The first-order chi connectivity index (χ1) is 6.52. The molecule has 0 N–H and O–H groups in total. The van der Waals surface area contributed by atoms with Crippen LogP contribution in [0.15, 0.2) is 24.3 Å². The molecule has 2 heteroatoms. The van der Waals surface area contributed by atoms with Crippen molar-refractivity contribution in [2.75, 3.05) is 20.6 Å². The summed E-state index contributed by atoms with van der Waals surface area (Å²) in [6, 6.07) is 1.44. The van der Waals surface area contributed by atoms with Gasteiger partial charge < -0.3 is 4.90 Å². The Morgan fingerprint density at radius 1 is 1.14 bits per heavy atom. The number of nitrogens with zero attached hydrogens (tertiary/aromatic N) is 1. The zero-order chi connectivity index (χ0) is 10.6. The number of hydrogen-bond donors (Lipinski definition) is 0. The van der Waals surface area contributed by atoms with Crippen LogP contribution in [-0.2, 0) is 0 Å². The lowest BCUT2D eigenvalue weighted by atomic mass is 10.4. The highest BCUT2D eigenvalue weighted by Crippen LogP contribution is 2.32. The SMILES string of the molecule is CN(C)CCC[Si](C)(C)C1C=CC=C1. The predicted octanol–water partition coefficient (Wildman–Crippen LogP) is 3.14. The van der Waals surface area contributed by atoms with Crippen molar-refractivity contribution in [1.29, 1.82) is 0 Å². The minimum atomic E-state index is -1.04. The van der Waals surface area contributed by atoms with Gasteiger partial charge in [-0.2, -0.15) is 0 Å². The lowest BCUT2D eigenvalue weighted by Gasteiger charge is -2.27. The molecule has 0 aromatic heterocycles. The van der Waals surface area contributed by atoms with Crippen LogP contribution in [0, 0.1) is 0 Å². The predicted molar refractivity (Wildman–Crippen MR) is 67.5 cm³/mol. The van der Waals surface area contributed by atoms with Gasteiger partial charge in [-0.15, -0.1) is 0 Å². The highest BCUT2D eigenvalue weighted by atomic mass is 28.3. The van der Waals surface area contributed by atoms with Crippen molar-refractivity contribution in [3.63, 3.8) is 0 Å². The third-order valence-electron chi connectivity index (χ3n) is 3.08. The molecule has 0 aromatic carbocycles. The summed E-state index contributed by atoms with van der Waals surface area (Å²) in [6.45, 7) is 6.25. The molecule has 14 heavy (non-hydrogen) atoms. The van der Waals surface area contributed by atoms with Crippen molar-refractivity contribution in [3.05, 3.63) is 24.3 Å². The Morgan fingerprint density at radius 3 is 2.21 bits per heavy atom. The second-order valence-corrected chi connectivity index (χ2v) is 10.3. The molecule has 0 saturated carbocycles. The number of hydrogen-bond acceptors (Lipinski definition) is 1.